The zero-order valence-corrected chi connectivity index (χ0v) is 16.9. The molecule has 3 atom stereocenters. The number of nitriles is 1. The molecule has 146 valence electrons. The van der Waals surface area contributed by atoms with Gasteiger partial charge in [-0.1, -0.05) is 12.1 Å². The predicted octanol–water partition coefficient (Wildman–Crippen LogP) is 2.85. The lowest BCUT2D eigenvalue weighted by atomic mass is 9.96. The van der Waals surface area contributed by atoms with Crippen LogP contribution >= 0.6 is 0 Å². The van der Waals surface area contributed by atoms with Gasteiger partial charge in [-0.15, -0.1) is 0 Å². The fraction of sp³-hybridized carbons (Fsp3) is 0.636. The van der Waals surface area contributed by atoms with Crippen LogP contribution in [0.2, 0.25) is 0 Å². The van der Waals surface area contributed by atoms with Crippen LogP contribution in [0.1, 0.15) is 51.2 Å². The van der Waals surface area contributed by atoms with Crippen LogP contribution in [0.4, 0.5) is 0 Å². The monoisotopic (exact) mass is 368 g/mol. The Labute approximate surface area is 163 Å². The van der Waals surface area contributed by atoms with Crippen LogP contribution in [0.15, 0.2) is 24.3 Å². The molecule has 0 spiro atoms. The van der Waals surface area contributed by atoms with Gasteiger partial charge < -0.3 is 4.90 Å². The van der Waals surface area contributed by atoms with E-state index in [1.165, 1.54) is 12.0 Å². The normalized spacial score (nSPS) is 25.8. The van der Waals surface area contributed by atoms with E-state index >= 15 is 0 Å². The summed E-state index contributed by atoms with van der Waals surface area (Å²) in [5, 5.41) is 8.91. The van der Waals surface area contributed by atoms with E-state index in [9.17, 15) is 4.79 Å². The Balaban J connectivity index is 1.52. The number of nitrogens with zero attached hydrogens (tertiary/aromatic N) is 4. The molecule has 5 heteroatoms. The summed E-state index contributed by atoms with van der Waals surface area (Å²) in [5.41, 5.74) is 1.94. The van der Waals surface area contributed by atoms with Crippen LogP contribution in [0.3, 0.4) is 0 Å². The molecule has 2 heterocycles. The van der Waals surface area contributed by atoms with E-state index in [1.54, 1.807) is 0 Å². The number of carbonyl (C=O) groups excluding carboxylic acids is 1. The number of piperidine rings is 1. The molecule has 0 aliphatic carbocycles. The molecule has 1 aromatic rings. The van der Waals surface area contributed by atoms with Gasteiger partial charge in [0, 0.05) is 44.8 Å². The lowest BCUT2D eigenvalue weighted by molar-refractivity contribution is -0.143. The van der Waals surface area contributed by atoms with Crippen molar-refractivity contribution in [2.75, 3.05) is 26.2 Å². The summed E-state index contributed by atoms with van der Waals surface area (Å²) >= 11 is 0. The highest BCUT2D eigenvalue weighted by molar-refractivity contribution is 5.82. The Bertz CT molecular complexity index is 663. The van der Waals surface area contributed by atoms with E-state index in [4.69, 9.17) is 5.26 Å². The molecule has 0 unspecified atom stereocenters. The van der Waals surface area contributed by atoms with Gasteiger partial charge in [-0.2, -0.15) is 5.26 Å². The number of likely N-dealkylation sites (tertiary alicyclic amines) is 1. The molecule has 2 aliphatic heterocycles. The average Bonchev–Trinajstić information content (AvgIpc) is 2.68. The summed E-state index contributed by atoms with van der Waals surface area (Å²) in [5.74, 6) is 0.301. The quantitative estimate of drug-likeness (QED) is 0.820. The fourth-order valence-corrected chi connectivity index (χ4v) is 4.48. The molecule has 0 bridgehead atoms. The zero-order valence-electron chi connectivity index (χ0n) is 16.9. The maximum Gasteiger partial charge on any atom is 0.240 e. The summed E-state index contributed by atoms with van der Waals surface area (Å²) in [7, 11) is 0. The van der Waals surface area contributed by atoms with Crippen molar-refractivity contribution in [3.63, 3.8) is 0 Å². The van der Waals surface area contributed by atoms with Crippen LogP contribution in [0.5, 0.6) is 0 Å². The van der Waals surface area contributed by atoms with Gasteiger partial charge in [0.25, 0.3) is 0 Å². The minimum atomic E-state index is -0.0370. The summed E-state index contributed by atoms with van der Waals surface area (Å²) in [4.78, 5) is 20.0. The smallest absolute Gasteiger partial charge is 0.240 e. The Morgan fingerprint density at radius 2 is 1.70 bits per heavy atom. The molecule has 0 N–H and O–H groups in total. The van der Waals surface area contributed by atoms with Crippen molar-refractivity contribution in [2.24, 2.45) is 0 Å². The minimum absolute atomic E-state index is 0.0370. The van der Waals surface area contributed by atoms with Gasteiger partial charge in [0.1, 0.15) is 0 Å². The van der Waals surface area contributed by atoms with E-state index in [2.05, 4.69) is 41.5 Å². The van der Waals surface area contributed by atoms with E-state index in [-0.39, 0.29) is 6.04 Å². The fourth-order valence-electron chi connectivity index (χ4n) is 4.48. The number of hydrogen-bond acceptors (Lipinski definition) is 4. The van der Waals surface area contributed by atoms with Gasteiger partial charge >= 0.3 is 0 Å². The molecular weight excluding hydrogens is 336 g/mol. The number of rotatable bonds is 4. The van der Waals surface area contributed by atoms with Gasteiger partial charge in [-0.05, 0) is 57.7 Å². The van der Waals surface area contributed by atoms with Crippen LogP contribution in [-0.4, -0.2) is 64.9 Å². The lowest BCUT2D eigenvalue weighted by Crippen LogP contribution is -2.58. The molecule has 3 rings (SSSR count). The van der Waals surface area contributed by atoms with Crippen molar-refractivity contribution >= 4 is 5.91 Å². The summed E-state index contributed by atoms with van der Waals surface area (Å²) in [6, 6.07) is 10.7. The van der Waals surface area contributed by atoms with Gasteiger partial charge in [0.15, 0.2) is 0 Å². The number of amides is 1. The van der Waals surface area contributed by atoms with Crippen molar-refractivity contribution in [3.05, 3.63) is 35.4 Å². The van der Waals surface area contributed by atoms with Crippen LogP contribution in [0, 0.1) is 11.3 Å². The highest BCUT2D eigenvalue weighted by atomic mass is 16.2. The van der Waals surface area contributed by atoms with E-state index in [1.807, 2.05) is 24.3 Å². The third-order valence-electron chi connectivity index (χ3n) is 6.25. The summed E-state index contributed by atoms with van der Waals surface area (Å²) < 4.78 is 0. The molecule has 5 nitrogen and oxygen atoms in total. The average molecular weight is 369 g/mol. The molecular formula is C22H32N4O. The molecule has 0 saturated carbocycles. The number of piperazine rings is 1. The largest absolute Gasteiger partial charge is 0.336 e. The molecule has 1 aromatic carbocycles. The predicted molar refractivity (Wildman–Crippen MR) is 107 cm³/mol. The van der Waals surface area contributed by atoms with E-state index in [0.717, 1.165) is 45.6 Å². The maximum absolute atomic E-state index is 13.1. The second kappa shape index (κ2) is 8.86. The van der Waals surface area contributed by atoms with Gasteiger partial charge in [0.05, 0.1) is 17.7 Å². The molecule has 2 fully saturated rings. The first kappa shape index (κ1) is 19.9. The highest BCUT2D eigenvalue weighted by Gasteiger charge is 2.34. The Kier molecular flexibility index (Phi) is 6.51. The number of carbonyl (C=O) groups is 1. The van der Waals surface area contributed by atoms with Crippen molar-refractivity contribution in [3.8, 4) is 6.07 Å². The topological polar surface area (TPSA) is 50.6 Å². The number of benzene rings is 1. The summed E-state index contributed by atoms with van der Waals surface area (Å²) in [6.07, 6.45) is 3.48. The van der Waals surface area contributed by atoms with Gasteiger partial charge in [-0.25, -0.2) is 0 Å². The van der Waals surface area contributed by atoms with E-state index < -0.39 is 0 Å². The second-order valence-electron chi connectivity index (χ2n) is 8.17. The first-order valence-electron chi connectivity index (χ1n) is 10.3. The van der Waals surface area contributed by atoms with Gasteiger partial charge in [0.2, 0.25) is 5.91 Å². The molecule has 1 amide bonds. The minimum Gasteiger partial charge on any atom is -0.336 e. The van der Waals surface area contributed by atoms with Crippen LogP contribution < -0.4 is 0 Å². The highest BCUT2D eigenvalue weighted by Crippen LogP contribution is 2.24. The van der Waals surface area contributed by atoms with Gasteiger partial charge in [-0.3, -0.25) is 14.6 Å². The lowest BCUT2D eigenvalue weighted by Gasteiger charge is -2.44. The third kappa shape index (κ3) is 4.69. The molecule has 2 saturated heterocycles. The maximum atomic E-state index is 13.1. The van der Waals surface area contributed by atoms with Crippen LogP contribution in [-0.2, 0) is 11.3 Å². The standard InChI is InChI=1S/C22H32N4O/c1-17-5-4-6-18(2)26(17)22(27)19(3)25-13-11-24(12-14-25)16-21-9-7-20(15-23)8-10-21/h7-10,17-19H,4-6,11-14,16H2,1-3H3/t17-,18+,19-/m1/s1. The zero-order chi connectivity index (χ0) is 19.4. The first-order chi connectivity index (χ1) is 13.0. The van der Waals surface area contributed by atoms with Crippen molar-refractivity contribution in [2.45, 2.75) is 64.7 Å². The first-order valence-corrected chi connectivity index (χ1v) is 10.3. The molecule has 27 heavy (non-hydrogen) atoms. The van der Waals surface area contributed by atoms with Crippen molar-refractivity contribution in [1.29, 1.82) is 5.26 Å². The Hall–Kier alpha value is -1.90. The SMILES string of the molecule is C[C@H](C(=O)N1[C@H](C)CCC[C@@H]1C)N1CCN(Cc2ccc(C#N)cc2)CC1. The third-order valence-corrected chi connectivity index (χ3v) is 6.25. The Morgan fingerprint density at radius 1 is 1.11 bits per heavy atom. The Morgan fingerprint density at radius 3 is 2.26 bits per heavy atom. The number of hydrogen-bond donors (Lipinski definition) is 0. The van der Waals surface area contributed by atoms with Crippen molar-refractivity contribution < 1.29 is 4.79 Å². The molecule has 0 radical (unpaired) electrons. The van der Waals surface area contributed by atoms with Crippen LogP contribution in [0.25, 0.3) is 0 Å². The van der Waals surface area contributed by atoms with Crippen molar-refractivity contribution in [1.82, 2.24) is 14.7 Å². The van der Waals surface area contributed by atoms with E-state index in [0.29, 0.717) is 23.6 Å². The second-order valence-corrected chi connectivity index (χ2v) is 8.17. The molecule has 0 aromatic heterocycles. The summed E-state index contributed by atoms with van der Waals surface area (Å²) in [6.45, 7) is 11.2. The molecule has 2 aliphatic rings.